The molecular formula is C15H20BrNO3. The van der Waals surface area contributed by atoms with Gasteiger partial charge >= 0.3 is 0 Å². The molecular weight excluding hydrogens is 322 g/mol. The van der Waals surface area contributed by atoms with E-state index < -0.39 is 0 Å². The average molecular weight is 342 g/mol. The van der Waals surface area contributed by atoms with Crippen molar-refractivity contribution < 1.29 is 14.6 Å². The summed E-state index contributed by atoms with van der Waals surface area (Å²) >= 11 is 3.52. The molecule has 1 saturated carbocycles. The van der Waals surface area contributed by atoms with Crippen LogP contribution >= 0.6 is 15.9 Å². The summed E-state index contributed by atoms with van der Waals surface area (Å²) in [5.74, 6) is 0.707. The number of nitrogens with one attached hydrogen (secondary N) is 1. The van der Waals surface area contributed by atoms with Crippen LogP contribution in [0.25, 0.3) is 0 Å². The number of aromatic hydroxyl groups is 1. The van der Waals surface area contributed by atoms with Crippen LogP contribution in [0, 0.1) is 5.92 Å². The lowest BCUT2D eigenvalue weighted by Crippen LogP contribution is -2.42. The van der Waals surface area contributed by atoms with Crippen LogP contribution in [0.15, 0.2) is 18.2 Å². The first-order chi connectivity index (χ1) is 9.65. The molecule has 1 amide bonds. The van der Waals surface area contributed by atoms with Gasteiger partial charge < -0.3 is 15.2 Å². The van der Waals surface area contributed by atoms with Crippen molar-refractivity contribution in [3.8, 4) is 11.5 Å². The molecule has 0 bridgehead atoms. The lowest BCUT2D eigenvalue weighted by molar-refractivity contribution is 0.0911. The Morgan fingerprint density at radius 3 is 2.85 bits per heavy atom. The molecule has 2 atom stereocenters. The number of rotatable bonds is 4. The third kappa shape index (κ3) is 3.45. The van der Waals surface area contributed by atoms with Gasteiger partial charge in [-0.2, -0.15) is 0 Å². The largest absolute Gasteiger partial charge is 0.504 e. The predicted molar refractivity (Wildman–Crippen MR) is 81.7 cm³/mol. The second kappa shape index (κ2) is 6.97. The van der Waals surface area contributed by atoms with Crippen molar-refractivity contribution in [2.45, 2.75) is 31.7 Å². The number of phenols is 1. The summed E-state index contributed by atoms with van der Waals surface area (Å²) in [6, 6.07) is 4.92. The molecule has 1 aromatic rings. The molecule has 1 aliphatic rings. The van der Waals surface area contributed by atoms with E-state index in [9.17, 15) is 9.90 Å². The van der Waals surface area contributed by atoms with E-state index in [4.69, 9.17) is 4.74 Å². The summed E-state index contributed by atoms with van der Waals surface area (Å²) in [5.41, 5.74) is 0.460. The molecule has 1 aromatic carbocycles. The van der Waals surface area contributed by atoms with E-state index in [2.05, 4.69) is 21.2 Å². The molecule has 20 heavy (non-hydrogen) atoms. The maximum atomic E-state index is 12.2. The van der Waals surface area contributed by atoms with Gasteiger partial charge in [0.05, 0.1) is 7.11 Å². The third-order valence-corrected chi connectivity index (χ3v) is 4.70. The van der Waals surface area contributed by atoms with E-state index in [-0.39, 0.29) is 17.7 Å². The summed E-state index contributed by atoms with van der Waals surface area (Å²) in [5, 5.41) is 13.7. The van der Waals surface area contributed by atoms with Gasteiger partial charge in [0.25, 0.3) is 5.91 Å². The summed E-state index contributed by atoms with van der Waals surface area (Å²) in [4.78, 5) is 12.2. The number of phenolic OH excluding ortho intramolecular Hbond substituents is 1. The van der Waals surface area contributed by atoms with Gasteiger partial charge in [-0.25, -0.2) is 0 Å². The Kier molecular flexibility index (Phi) is 5.29. The van der Waals surface area contributed by atoms with Crippen LogP contribution in [0.4, 0.5) is 0 Å². The second-order valence-corrected chi connectivity index (χ2v) is 5.81. The summed E-state index contributed by atoms with van der Waals surface area (Å²) in [6.07, 6.45) is 4.54. The second-order valence-electron chi connectivity index (χ2n) is 5.17. The van der Waals surface area contributed by atoms with Gasteiger partial charge in [0.2, 0.25) is 0 Å². The van der Waals surface area contributed by atoms with Crippen LogP contribution in [0.2, 0.25) is 0 Å². The fraction of sp³-hybridized carbons (Fsp3) is 0.533. The average Bonchev–Trinajstić information content (AvgIpc) is 2.47. The Balaban J connectivity index is 2.05. The Morgan fingerprint density at radius 1 is 1.45 bits per heavy atom. The monoisotopic (exact) mass is 341 g/mol. The maximum Gasteiger partial charge on any atom is 0.251 e. The van der Waals surface area contributed by atoms with Crippen LogP contribution in [0.5, 0.6) is 11.5 Å². The van der Waals surface area contributed by atoms with Crippen molar-refractivity contribution in [2.75, 3.05) is 12.4 Å². The number of carbonyl (C=O) groups is 1. The van der Waals surface area contributed by atoms with Crippen molar-refractivity contribution in [3.63, 3.8) is 0 Å². The minimum atomic E-state index is -0.138. The normalized spacial score (nSPS) is 22.3. The van der Waals surface area contributed by atoms with Gasteiger partial charge in [0.15, 0.2) is 11.5 Å². The number of hydrogen-bond acceptors (Lipinski definition) is 3. The van der Waals surface area contributed by atoms with Crippen LogP contribution in [0.1, 0.15) is 36.0 Å². The molecule has 0 spiro atoms. The van der Waals surface area contributed by atoms with Crippen LogP contribution in [-0.4, -0.2) is 29.5 Å². The fourth-order valence-electron chi connectivity index (χ4n) is 2.67. The zero-order valence-corrected chi connectivity index (χ0v) is 13.1. The first-order valence-corrected chi connectivity index (χ1v) is 8.01. The van der Waals surface area contributed by atoms with Gasteiger partial charge in [-0.05, 0) is 37.0 Å². The van der Waals surface area contributed by atoms with Crippen LogP contribution in [-0.2, 0) is 0 Å². The molecule has 0 aromatic heterocycles. The summed E-state index contributed by atoms with van der Waals surface area (Å²) in [6.45, 7) is 0. The Labute approximate surface area is 127 Å². The van der Waals surface area contributed by atoms with Crippen molar-refractivity contribution in [3.05, 3.63) is 23.8 Å². The van der Waals surface area contributed by atoms with Crippen molar-refractivity contribution in [2.24, 2.45) is 5.92 Å². The van der Waals surface area contributed by atoms with Crippen molar-refractivity contribution in [1.29, 1.82) is 0 Å². The number of alkyl halides is 1. The standard InChI is InChI=1S/C15H20BrNO3/c1-20-14-7-6-10(8-13(14)18)15(19)17-12-5-3-2-4-11(12)9-16/h6-8,11-12,18H,2-5,9H2,1H3,(H,17,19). The Morgan fingerprint density at radius 2 is 2.20 bits per heavy atom. The highest BCUT2D eigenvalue weighted by Gasteiger charge is 2.26. The highest BCUT2D eigenvalue weighted by molar-refractivity contribution is 9.09. The van der Waals surface area contributed by atoms with E-state index in [0.29, 0.717) is 17.2 Å². The summed E-state index contributed by atoms with van der Waals surface area (Å²) < 4.78 is 4.98. The quantitative estimate of drug-likeness (QED) is 0.827. The number of halogens is 1. The van der Waals surface area contributed by atoms with Crippen molar-refractivity contribution >= 4 is 21.8 Å². The molecule has 0 heterocycles. The topological polar surface area (TPSA) is 58.6 Å². The molecule has 4 nitrogen and oxygen atoms in total. The molecule has 5 heteroatoms. The molecule has 2 N–H and O–H groups in total. The number of methoxy groups -OCH3 is 1. The molecule has 0 radical (unpaired) electrons. The van der Waals surface area contributed by atoms with E-state index in [1.165, 1.54) is 19.6 Å². The number of benzene rings is 1. The number of amides is 1. The zero-order chi connectivity index (χ0) is 14.5. The Hall–Kier alpha value is -1.23. The molecule has 0 aliphatic heterocycles. The Bertz CT molecular complexity index is 478. The number of carbonyl (C=O) groups excluding carboxylic acids is 1. The van der Waals surface area contributed by atoms with Crippen LogP contribution in [0.3, 0.4) is 0 Å². The lowest BCUT2D eigenvalue weighted by atomic mass is 9.86. The molecule has 110 valence electrons. The maximum absolute atomic E-state index is 12.2. The first kappa shape index (κ1) is 15.2. The lowest BCUT2D eigenvalue weighted by Gasteiger charge is -2.31. The van der Waals surface area contributed by atoms with E-state index in [0.717, 1.165) is 24.6 Å². The number of hydrogen-bond donors (Lipinski definition) is 2. The molecule has 1 fully saturated rings. The molecule has 2 rings (SSSR count). The van der Waals surface area contributed by atoms with Gasteiger partial charge in [0, 0.05) is 16.9 Å². The smallest absolute Gasteiger partial charge is 0.251 e. The van der Waals surface area contributed by atoms with Gasteiger partial charge in [-0.3, -0.25) is 4.79 Å². The summed E-state index contributed by atoms with van der Waals surface area (Å²) in [7, 11) is 1.48. The SMILES string of the molecule is COc1ccc(C(=O)NC2CCCCC2CBr)cc1O. The van der Waals surface area contributed by atoms with Crippen molar-refractivity contribution in [1.82, 2.24) is 5.32 Å². The third-order valence-electron chi connectivity index (χ3n) is 3.86. The van der Waals surface area contributed by atoms with Gasteiger partial charge in [-0.1, -0.05) is 28.8 Å². The highest BCUT2D eigenvalue weighted by Crippen LogP contribution is 2.28. The van der Waals surface area contributed by atoms with Crippen LogP contribution < -0.4 is 10.1 Å². The minimum Gasteiger partial charge on any atom is -0.504 e. The first-order valence-electron chi connectivity index (χ1n) is 6.89. The van der Waals surface area contributed by atoms with Gasteiger partial charge in [-0.15, -0.1) is 0 Å². The molecule has 0 saturated heterocycles. The van der Waals surface area contributed by atoms with E-state index >= 15 is 0 Å². The van der Waals surface area contributed by atoms with E-state index in [1.807, 2.05) is 0 Å². The zero-order valence-electron chi connectivity index (χ0n) is 11.6. The predicted octanol–water partition coefficient (Wildman–Crippen LogP) is 3.08. The highest BCUT2D eigenvalue weighted by atomic mass is 79.9. The minimum absolute atomic E-state index is 0.0131. The number of ether oxygens (including phenoxy) is 1. The molecule has 2 unspecified atom stereocenters. The van der Waals surface area contributed by atoms with Gasteiger partial charge in [0.1, 0.15) is 0 Å². The molecule has 1 aliphatic carbocycles. The fourth-order valence-corrected chi connectivity index (χ4v) is 3.44. The van der Waals surface area contributed by atoms with E-state index in [1.54, 1.807) is 12.1 Å².